The minimum atomic E-state index is 1.03. The Kier molecular flexibility index (Phi) is 3.79. The van der Waals surface area contributed by atoms with Crippen LogP contribution < -0.4 is 5.32 Å². The third-order valence-corrected chi connectivity index (χ3v) is 1.36. The van der Waals surface area contributed by atoms with E-state index < -0.39 is 0 Å². The topological polar surface area (TPSA) is 12.0 Å². The molecule has 48 valence electrons. The van der Waals surface area contributed by atoms with Gasteiger partial charge < -0.3 is 5.32 Å². The third-order valence-electron chi connectivity index (χ3n) is 1.09. The third kappa shape index (κ3) is 2.26. The van der Waals surface area contributed by atoms with Crippen molar-refractivity contribution in [1.82, 2.24) is 5.32 Å². The van der Waals surface area contributed by atoms with E-state index in [9.17, 15) is 0 Å². The lowest BCUT2D eigenvalue weighted by Gasteiger charge is -2.03. The van der Waals surface area contributed by atoms with Crippen LogP contribution in [-0.4, -0.2) is 7.05 Å². The molecule has 0 radical (unpaired) electrons. The van der Waals surface area contributed by atoms with Crippen LogP contribution in [0, 0.1) is 0 Å². The fourth-order valence-electron chi connectivity index (χ4n) is 0.614. The number of nitrogens with one attached hydrogen (secondary N) is 1. The van der Waals surface area contributed by atoms with Crippen LogP contribution in [0.25, 0.3) is 0 Å². The Balaban J connectivity index is 3.86. The fourth-order valence-corrected chi connectivity index (χ4v) is 0.883. The van der Waals surface area contributed by atoms with Crippen LogP contribution in [0.1, 0.15) is 20.3 Å². The predicted octanol–water partition coefficient (Wildman–Crippen LogP) is 1.78. The lowest BCUT2D eigenvalue weighted by Crippen LogP contribution is -2.05. The van der Waals surface area contributed by atoms with E-state index in [2.05, 4.69) is 24.9 Å². The molecule has 0 amide bonds. The highest BCUT2D eigenvalue weighted by molar-refractivity contribution is 7.84. The molecule has 0 fully saturated rings. The Hall–Kier alpha value is -0.110. The van der Waals surface area contributed by atoms with Crippen LogP contribution in [0.4, 0.5) is 0 Å². The van der Waals surface area contributed by atoms with Gasteiger partial charge in [-0.3, -0.25) is 0 Å². The normalized spacial score (nSPS) is 13.0. The van der Waals surface area contributed by atoms with Crippen LogP contribution in [0.15, 0.2) is 10.6 Å². The molecule has 1 nitrogen and oxygen atoms in total. The summed E-state index contributed by atoms with van der Waals surface area (Å²) in [6.45, 7) is 4.09. The van der Waals surface area contributed by atoms with Crippen molar-refractivity contribution in [2.24, 2.45) is 0 Å². The first kappa shape index (κ1) is 7.89. The van der Waals surface area contributed by atoms with Crippen molar-refractivity contribution in [3.8, 4) is 0 Å². The number of allylic oxidation sites excluding steroid dienone is 2. The second-order valence-corrected chi connectivity index (χ2v) is 2.34. The first-order chi connectivity index (χ1) is 3.72. The van der Waals surface area contributed by atoms with Crippen LogP contribution >= 0.6 is 12.6 Å². The van der Waals surface area contributed by atoms with Crippen molar-refractivity contribution in [3.63, 3.8) is 0 Å². The van der Waals surface area contributed by atoms with E-state index in [1.54, 1.807) is 0 Å². The molecule has 0 unspecified atom stereocenters. The maximum atomic E-state index is 4.17. The zero-order valence-corrected chi connectivity index (χ0v) is 6.55. The van der Waals surface area contributed by atoms with Crippen molar-refractivity contribution in [3.05, 3.63) is 10.6 Å². The van der Waals surface area contributed by atoms with Gasteiger partial charge in [-0.15, -0.1) is 12.6 Å². The Morgan fingerprint density at radius 1 is 1.62 bits per heavy atom. The number of thiol groups is 1. The molecule has 0 saturated carbocycles. The van der Waals surface area contributed by atoms with Gasteiger partial charge in [0.1, 0.15) is 0 Å². The lowest BCUT2D eigenvalue weighted by atomic mass is 10.3. The van der Waals surface area contributed by atoms with Crippen LogP contribution in [-0.2, 0) is 0 Å². The average molecular weight is 131 g/mol. The Morgan fingerprint density at radius 2 is 2.12 bits per heavy atom. The van der Waals surface area contributed by atoms with Crippen LogP contribution in [0.3, 0.4) is 0 Å². The van der Waals surface area contributed by atoms with Crippen molar-refractivity contribution in [2.45, 2.75) is 20.3 Å². The van der Waals surface area contributed by atoms with E-state index in [1.807, 2.05) is 14.0 Å². The van der Waals surface area contributed by atoms with Gasteiger partial charge in [-0.2, -0.15) is 0 Å². The Morgan fingerprint density at radius 3 is 2.12 bits per heavy atom. The molecule has 0 aromatic rings. The maximum Gasteiger partial charge on any atom is 0.0192 e. The highest BCUT2D eigenvalue weighted by Crippen LogP contribution is 2.06. The first-order valence-electron chi connectivity index (χ1n) is 2.78. The number of hydrogen-bond donors (Lipinski definition) is 2. The van der Waals surface area contributed by atoms with Gasteiger partial charge in [0.25, 0.3) is 0 Å². The molecule has 0 aromatic heterocycles. The summed E-state index contributed by atoms with van der Waals surface area (Å²) in [7, 11) is 1.92. The van der Waals surface area contributed by atoms with Crippen LogP contribution in [0.5, 0.6) is 0 Å². The summed E-state index contributed by atoms with van der Waals surface area (Å²) >= 11 is 4.17. The monoisotopic (exact) mass is 131 g/mol. The van der Waals surface area contributed by atoms with E-state index in [0.717, 1.165) is 11.3 Å². The van der Waals surface area contributed by atoms with Gasteiger partial charge in [-0.25, -0.2) is 0 Å². The molecule has 0 bridgehead atoms. The van der Waals surface area contributed by atoms with Gasteiger partial charge in [0.15, 0.2) is 0 Å². The van der Waals surface area contributed by atoms with Crippen molar-refractivity contribution in [2.75, 3.05) is 7.05 Å². The standard InChI is InChI=1S/C6H13NS/c1-4-6(7-3)5(2)8/h7-8H,4H2,1-3H3/b6-5-. The van der Waals surface area contributed by atoms with E-state index >= 15 is 0 Å². The van der Waals surface area contributed by atoms with Gasteiger partial charge in [0.05, 0.1) is 0 Å². The van der Waals surface area contributed by atoms with Gasteiger partial charge in [-0.1, -0.05) is 6.92 Å². The largest absolute Gasteiger partial charge is 0.391 e. The fraction of sp³-hybridized carbons (Fsp3) is 0.667. The zero-order chi connectivity index (χ0) is 6.57. The molecule has 0 aromatic carbocycles. The maximum absolute atomic E-state index is 4.17. The molecule has 0 aliphatic carbocycles. The summed E-state index contributed by atoms with van der Waals surface area (Å²) in [5.74, 6) is 0. The van der Waals surface area contributed by atoms with E-state index in [1.165, 1.54) is 5.70 Å². The highest BCUT2D eigenvalue weighted by atomic mass is 32.1. The van der Waals surface area contributed by atoms with Gasteiger partial charge in [-0.05, 0) is 18.2 Å². The molecule has 1 N–H and O–H groups in total. The quantitative estimate of drug-likeness (QED) is 0.544. The predicted molar refractivity (Wildman–Crippen MR) is 41.0 cm³/mol. The second-order valence-electron chi connectivity index (χ2n) is 1.67. The minimum absolute atomic E-state index is 1.03. The van der Waals surface area contributed by atoms with E-state index in [4.69, 9.17) is 0 Å². The molecular weight excluding hydrogens is 118 g/mol. The summed E-state index contributed by atoms with van der Waals surface area (Å²) in [6, 6.07) is 0. The zero-order valence-electron chi connectivity index (χ0n) is 5.65. The first-order valence-corrected chi connectivity index (χ1v) is 3.23. The molecule has 0 aliphatic rings. The van der Waals surface area contributed by atoms with Crippen molar-refractivity contribution in [1.29, 1.82) is 0 Å². The highest BCUT2D eigenvalue weighted by Gasteiger charge is 1.89. The lowest BCUT2D eigenvalue weighted by molar-refractivity contribution is 0.892. The average Bonchev–Trinajstić information content (AvgIpc) is 1.69. The molecule has 0 rings (SSSR count). The summed E-state index contributed by atoms with van der Waals surface area (Å²) in [5.41, 5.74) is 1.22. The van der Waals surface area contributed by atoms with Crippen molar-refractivity contribution < 1.29 is 0 Å². The molecule has 0 atom stereocenters. The van der Waals surface area contributed by atoms with Gasteiger partial charge in [0, 0.05) is 12.7 Å². The molecule has 0 heterocycles. The summed E-state index contributed by atoms with van der Waals surface area (Å²) < 4.78 is 0. The Bertz CT molecular complexity index is 86.7. The molecule has 0 saturated heterocycles. The van der Waals surface area contributed by atoms with Crippen LogP contribution in [0.2, 0.25) is 0 Å². The number of rotatable bonds is 2. The smallest absolute Gasteiger partial charge is 0.0192 e. The van der Waals surface area contributed by atoms with Gasteiger partial charge in [0.2, 0.25) is 0 Å². The second kappa shape index (κ2) is 3.84. The SMILES string of the molecule is CC/C(NC)=C(\C)S. The molecule has 2 heteroatoms. The minimum Gasteiger partial charge on any atom is -0.391 e. The molecular formula is C6H13NS. The summed E-state index contributed by atoms with van der Waals surface area (Å²) in [6.07, 6.45) is 1.03. The summed E-state index contributed by atoms with van der Waals surface area (Å²) in [5, 5.41) is 3.05. The van der Waals surface area contributed by atoms with Gasteiger partial charge >= 0.3 is 0 Å². The molecule has 8 heavy (non-hydrogen) atoms. The Labute approximate surface area is 56.6 Å². The molecule has 0 aliphatic heterocycles. The van der Waals surface area contributed by atoms with Crippen molar-refractivity contribution >= 4 is 12.6 Å². The van der Waals surface area contributed by atoms with E-state index in [0.29, 0.717) is 0 Å². The molecule has 0 spiro atoms. The summed E-state index contributed by atoms with van der Waals surface area (Å²) in [4.78, 5) is 1.08. The number of hydrogen-bond acceptors (Lipinski definition) is 2. The van der Waals surface area contributed by atoms with E-state index in [-0.39, 0.29) is 0 Å².